The topological polar surface area (TPSA) is 50.4 Å². The van der Waals surface area contributed by atoms with Crippen LogP contribution in [0.25, 0.3) is 16.9 Å². The molecule has 0 bridgehead atoms. The van der Waals surface area contributed by atoms with Gasteiger partial charge < -0.3 is 9.72 Å². The maximum Gasteiger partial charge on any atom is 0.352 e. The number of methoxy groups -OCH3 is 1. The Labute approximate surface area is 109 Å². The predicted octanol–water partition coefficient (Wildman–Crippen LogP) is 1.13. The molecule has 19 heavy (non-hydrogen) atoms. The fourth-order valence-electron chi connectivity index (χ4n) is 2.16. The number of benzene rings is 1. The molecule has 0 atom stereocenters. The second-order valence-corrected chi connectivity index (χ2v) is 4.37. The summed E-state index contributed by atoms with van der Waals surface area (Å²) in [6.45, 7) is 0. The molecular formula is C14H14N3O2+. The van der Waals surface area contributed by atoms with E-state index in [2.05, 4.69) is 4.98 Å². The molecule has 0 radical (unpaired) electrons. The average Bonchev–Trinajstić information content (AvgIpc) is 2.81. The molecule has 96 valence electrons. The van der Waals surface area contributed by atoms with Crippen molar-refractivity contribution in [3.63, 3.8) is 0 Å². The first-order valence-corrected chi connectivity index (χ1v) is 5.93. The third kappa shape index (κ3) is 1.89. The number of hydrogen-bond acceptors (Lipinski definition) is 2. The van der Waals surface area contributed by atoms with Crippen LogP contribution in [-0.4, -0.2) is 16.5 Å². The van der Waals surface area contributed by atoms with Crippen LogP contribution >= 0.6 is 0 Å². The molecule has 0 unspecified atom stereocenters. The van der Waals surface area contributed by atoms with E-state index in [4.69, 9.17) is 4.74 Å². The Kier molecular flexibility index (Phi) is 2.59. The minimum Gasteiger partial charge on any atom is -0.497 e. The van der Waals surface area contributed by atoms with Crippen LogP contribution in [0.3, 0.4) is 0 Å². The Balaban J connectivity index is 2.22. The quantitative estimate of drug-likeness (QED) is 0.699. The first-order valence-electron chi connectivity index (χ1n) is 5.93. The first kappa shape index (κ1) is 11.5. The van der Waals surface area contributed by atoms with Gasteiger partial charge in [-0.2, -0.15) is 4.40 Å². The molecule has 3 rings (SSSR count). The van der Waals surface area contributed by atoms with Crippen molar-refractivity contribution in [3.8, 4) is 17.0 Å². The number of aryl methyl sites for hydroxylation is 1. The van der Waals surface area contributed by atoms with E-state index < -0.39 is 0 Å². The van der Waals surface area contributed by atoms with Crippen molar-refractivity contribution in [2.45, 2.75) is 0 Å². The van der Waals surface area contributed by atoms with Crippen LogP contribution in [0.1, 0.15) is 0 Å². The maximum atomic E-state index is 12.1. The van der Waals surface area contributed by atoms with Crippen LogP contribution < -0.4 is 14.9 Å². The lowest BCUT2D eigenvalue weighted by Gasteiger charge is -2.03. The predicted molar refractivity (Wildman–Crippen MR) is 71.2 cm³/mol. The van der Waals surface area contributed by atoms with Gasteiger partial charge in [-0.25, -0.2) is 4.57 Å². The minimum absolute atomic E-state index is 0.118. The van der Waals surface area contributed by atoms with Gasteiger partial charge in [0.2, 0.25) is 0 Å². The zero-order chi connectivity index (χ0) is 13.4. The molecule has 0 aliphatic rings. The summed E-state index contributed by atoms with van der Waals surface area (Å²) in [5.74, 6) is 0.761. The summed E-state index contributed by atoms with van der Waals surface area (Å²) >= 11 is 0. The number of imidazole rings is 1. The lowest BCUT2D eigenvalue weighted by Crippen LogP contribution is -2.32. The van der Waals surface area contributed by atoms with E-state index in [0.29, 0.717) is 5.65 Å². The van der Waals surface area contributed by atoms with Gasteiger partial charge >= 0.3 is 11.2 Å². The number of hydrogen-bond donors (Lipinski definition) is 1. The Morgan fingerprint density at radius 1 is 1.37 bits per heavy atom. The third-order valence-electron chi connectivity index (χ3n) is 3.13. The Bertz CT molecular complexity index is 802. The minimum atomic E-state index is -0.118. The molecular weight excluding hydrogens is 242 g/mol. The molecule has 1 N–H and O–H groups in total. The van der Waals surface area contributed by atoms with Crippen LogP contribution in [0.2, 0.25) is 0 Å². The maximum absolute atomic E-state index is 12.1. The van der Waals surface area contributed by atoms with Crippen molar-refractivity contribution < 1.29 is 9.30 Å². The van der Waals surface area contributed by atoms with Crippen LogP contribution in [-0.2, 0) is 7.05 Å². The summed E-state index contributed by atoms with van der Waals surface area (Å²) in [7, 11) is 3.47. The smallest absolute Gasteiger partial charge is 0.352 e. The van der Waals surface area contributed by atoms with E-state index in [9.17, 15) is 4.79 Å². The zero-order valence-corrected chi connectivity index (χ0v) is 10.8. The highest BCUT2D eigenvalue weighted by molar-refractivity contribution is 5.61. The second kappa shape index (κ2) is 4.28. The van der Waals surface area contributed by atoms with Gasteiger partial charge in [-0.05, 0) is 12.1 Å². The molecule has 5 heteroatoms. The van der Waals surface area contributed by atoms with Gasteiger partial charge in [0.15, 0.2) is 0 Å². The summed E-state index contributed by atoms with van der Waals surface area (Å²) in [5, 5.41) is 0. The fraction of sp³-hybridized carbons (Fsp3) is 0.143. The molecule has 0 fully saturated rings. The Hall–Kier alpha value is -2.56. The van der Waals surface area contributed by atoms with Gasteiger partial charge in [-0.1, -0.05) is 12.1 Å². The summed E-state index contributed by atoms with van der Waals surface area (Å²) in [6.07, 6.45) is 5.60. The van der Waals surface area contributed by atoms with E-state index in [1.54, 1.807) is 11.7 Å². The molecule has 0 aliphatic carbocycles. The molecule has 5 nitrogen and oxygen atoms in total. The second-order valence-electron chi connectivity index (χ2n) is 4.37. The van der Waals surface area contributed by atoms with Crippen LogP contribution in [0, 0.1) is 0 Å². The lowest BCUT2D eigenvalue weighted by molar-refractivity contribution is -0.645. The third-order valence-corrected chi connectivity index (χ3v) is 3.13. The highest BCUT2D eigenvalue weighted by Crippen LogP contribution is 2.21. The van der Waals surface area contributed by atoms with E-state index in [0.717, 1.165) is 17.0 Å². The van der Waals surface area contributed by atoms with Gasteiger partial charge in [-0.15, -0.1) is 0 Å². The van der Waals surface area contributed by atoms with Crippen molar-refractivity contribution in [1.82, 2.24) is 9.38 Å². The van der Waals surface area contributed by atoms with Gasteiger partial charge in [-0.3, -0.25) is 4.79 Å². The number of aromatic nitrogens is 3. The molecule has 3 aromatic rings. The van der Waals surface area contributed by atoms with Crippen molar-refractivity contribution in [3.05, 3.63) is 53.2 Å². The molecule has 2 aromatic heterocycles. The molecule has 0 saturated carbocycles. The molecule has 2 heterocycles. The van der Waals surface area contributed by atoms with E-state index in [-0.39, 0.29) is 5.56 Å². The lowest BCUT2D eigenvalue weighted by atomic mass is 10.1. The fourth-order valence-corrected chi connectivity index (χ4v) is 2.16. The number of rotatable bonds is 2. The number of nitrogens with one attached hydrogen (secondary N) is 1. The monoisotopic (exact) mass is 256 g/mol. The van der Waals surface area contributed by atoms with E-state index in [1.165, 1.54) is 0 Å². The Morgan fingerprint density at radius 2 is 2.21 bits per heavy atom. The molecule has 0 amide bonds. The first-order chi connectivity index (χ1) is 9.19. The van der Waals surface area contributed by atoms with Crippen molar-refractivity contribution in [2.24, 2.45) is 7.05 Å². The summed E-state index contributed by atoms with van der Waals surface area (Å²) in [5.41, 5.74) is 2.15. The van der Waals surface area contributed by atoms with Gasteiger partial charge in [0.1, 0.15) is 24.3 Å². The highest BCUT2D eigenvalue weighted by atomic mass is 16.5. The summed E-state index contributed by atoms with van der Waals surface area (Å²) in [4.78, 5) is 15.0. The van der Waals surface area contributed by atoms with Crippen LogP contribution in [0.4, 0.5) is 0 Å². The number of fused-ring (bicyclic) bond motifs is 1. The molecule has 0 spiro atoms. The zero-order valence-electron chi connectivity index (χ0n) is 10.8. The van der Waals surface area contributed by atoms with E-state index >= 15 is 0 Å². The number of H-pyrrole nitrogens is 1. The largest absolute Gasteiger partial charge is 0.497 e. The summed E-state index contributed by atoms with van der Waals surface area (Å²) < 4.78 is 8.79. The highest BCUT2D eigenvalue weighted by Gasteiger charge is 2.13. The van der Waals surface area contributed by atoms with Crippen molar-refractivity contribution >= 4 is 5.65 Å². The molecule has 0 aliphatic heterocycles. The molecule has 1 aromatic carbocycles. The standard InChI is InChI=1S/C14H13N3O2/c1-16-6-7-17-9-12(15-13(18)14(16)17)10-4-3-5-11(8-10)19-2/h3-9H,1-2H3/p+1. The number of nitrogens with zero attached hydrogens (tertiary/aromatic N) is 2. The normalized spacial score (nSPS) is 10.8. The Morgan fingerprint density at radius 3 is 3.00 bits per heavy atom. The molecule has 0 saturated heterocycles. The van der Waals surface area contributed by atoms with Crippen molar-refractivity contribution in [2.75, 3.05) is 7.11 Å². The van der Waals surface area contributed by atoms with E-state index in [1.807, 2.05) is 54.3 Å². The average molecular weight is 256 g/mol. The number of ether oxygens (including phenoxy) is 1. The SMILES string of the molecule is COc1cccc(-c2cn3cc[n+](C)c3c(=O)[nH]2)c1. The van der Waals surface area contributed by atoms with Gasteiger partial charge in [0.05, 0.1) is 19.9 Å². The van der Waals surface area contributed by atoms with Gasteiger partial charge in [0, 0.05) is 5.56 Å². The number of aromatic amines is 1. The summed E-state index contributed by atoms with van der Waals surface area (Å²) in [6, 6.07) is 7.59. The van der Waals surface area contributed by atoms with Crippen LogP contribution in [0.5, 0.6) is 5.75 Å². The van der Waals surface area contributed by atoms with Crippen molar-refractivity contribution in [1.29, 1.82) is 0 Å². The van der Waals surface area contributed by atoms with Crippen LogP contribution in [0.15, 0.2) is 47.7 Å². The van der Waals surface area contributed by atoms with Gasteiger partial charge in [0.25, 0.3) is 0 Å².